The molecule has 0 spiro atoms. The zero-order valence-electron chi connectivity index (χ0n) is 22.0. The molecule has 13 heteroatoms. The fraction of sp³-hybridized carbons (Fsp3) is 0.321. The van der Waals surface area contributed by atoms with E-state index >= 15 is 0 Å². The van der Waals surface area contributed by atoms with Gasteiger partial charge in [0, 0.05) is 30.8 Å². The quantitative estimate of drug-likeness (QED) is 0.297. The lowest BCUT2D eigenvalue weighted by molar-refractivity contribution is -0.140. The maximum Gasteiger partial charge on any atom is 0.434 e. The highest BCUT2D eigenvalue weighted by molar-refractivity contribution is 5.75. The van der Waals surface area contributed by atoms with Crippen LogP contribution in [0.1, 0.15) is 41.3 Å². The number of benzene rings is 1. The van der Waals surface area contributed by atoms with Gasteiger partial charge in [0.05, 0.1) is 25.0 Å². The predicted molar refractivity (Wildman–Crippen MR) is 143 cm³/mol. The van der Waals surface area contributed by atoms with Crippen molar-refractivity contribution in [3.63, 3.8) is 0 Å². The zero-order chi connectivity index (χ0) is 28.6. The molecule has 4 heterocycles. The van der Waals surface area contributed by atoms with Crippen LogP contribution in [0.2, 0.25) is 0 Å². The van der Waals surface area contributed by atoms with Crippen molar-refractivity contribution >= 4 is 11.9 Å². The number of imidazole rings is 1. The second-order valence-corrected chi connectivity index (χ2v) is 9.67. The summed E-state index contributed by atoms with van der Waals surface area (Å²) in [5.41, 5.74) is 2.43. The van der Waals surface area contributed by atoms with Crippen molar-refractivity contribution in [1.82, 2.24) is 29.5 Å². The molecule has 0 bridgehead atoms. The number of aromatic nitrogens is 6. The highest BCUT2D eigenvalue weighted by Gasteiger charge is 2.35. The Balaban J connectivity index is 1.29. The predicted octanol–water partition coefficient (Wildman–Crippen LogP) is 4.71. The molecule has 2 N–H and O–H groups in total. The molecule has 1 saturated carbocycles. The van der Waals surface area contributed by atoms with E-state index in [-0.39, 0.29) is 25.6 Å². The number of hydrogen-bond acceptors (Lipinski definition) is 9. The van der Waals surface area contributed by atoms with E-state index in [0.29, 0.717) is 52.6 Å². The third-order valence-electron chi connectivity index (χ3n) is 6.80. The number of ether oxygens (including phenoxy) is 2. The molecule has 4 aromatic rings. The Morgan fingerprint density at radius 1 is 1.07 bits per heavy atom. The standard InChI is InChI=1S/C28H26F3N7O3/c1-40-27-21(22(17-8-9-17)33-15-34-27)24-36-23-19(3-2-10-32-23)26(37-24)41-14-16-4-6-18(7-5-16)25-35-20(28(29,30)31)13-38(25)11-12-39/h2-7,13,15,17,39H,8-12,14H2,1H3,(H,32,36,37). The van der Waals surface area contributed by atoms with Crippen LogP contribution in [0.4, 0.5) is 19.0 Å². The van der Waals surface area contributed by atoms with Crippen LogP contribution >= 0.6 is 0 Å². The molecule has 0 radical (unpaired) electrons. The lowest BCUT2D eigenvalue weighted by atomic mass is 10.1. The Morgan fingerprint density at radius 2 is 1.88 bits per heavy atom. The van der Waals surface area contributed by atoms with Gasteiger partial charge in [0.25, 0.3) is 0 Å². The number of aliphatic hydroxyl groups excluding tert-OH is 1. The van der Waals surface area contributed by atoms with Gasteiger partial charge in [-0.05, 0) is 24.5 Å². The van der Waals surface area contributed by atoms with Gasteiger partial charge in [-0.2, -0.15) is 18.2 Å². The second kappa shape index (κ2) is 10.8. The monoisotopic (exact) mass is 565 g/mol. The molecule has 1 fully saturated rings. The van der Waals surface area contributed by atoms with E-state index in [4.69, 9.17) is 19.4 Å². The summed E-state index contributed by atoms with van der Waals surface area (Å²) < 4.78 is 52.7. The number of aliphatic hydroxyl groups is 1. The molecule has 10 nitrogen and oxygen atoms in total. The van der Waals surface area contributed by atoms with E-state index in [1.165, 1.54) is 10.9 Å². The molecule has 0 saturated heterocycles. The lowest BCUT2D eigenvalue weighted by Gasteiger charge is -2.18. The van der Waals surface area contributed by atoms with Crippen molar-refractivity contribution in [2.75, 3.05) is 25.6 Å². The Labute approximate surface area is 233 Å². The molecule has 2 aliphatic rings. The second-order valence-electron chi connectivity index (χ2n) is 9.67. The number of methoxy groups -OCH3 is 1. The Morgan fingerprint density at radius 3 is 2.59 bits per heavy atom. The van der Waals surface area contributed by atoms with Gasteiger partial charge in [-0.1, -0.05) is 30.3 Å². The van der Waals surface area contributed by atoms with Crippen molar-refractivity contribution < 1.29 is 27.8 Å². The molecule has 0 unspecified atom stereocenters. The van der Waals surface area contributed by atoms with Crippen LogP contribution in [0.5, 0.6) is 11.8 Å². The van der Waals surface area contributed by atoms with Crippen molar-refractivity contribution in [1.29, 1.82) is 0 Å². The van der Waals surface area contributed by atoms with Crippen molar-refractivity contribution in [3.05, 3.63) is 65.4 Å². The van der Waals surface area contributed by atoms with E-state index in [9.17, 15) is 18.3 Å². The van der Waals surface area contributed by atoms with Crippen LogP contribution in [0.15, 0.2) is 42.9 Å². The lowest BCUT2D eigenvalue weighted by Crippen LogP contribution is -2.12. The van der Waals surface area contributed by atoms with Crippen LogP contribution in [-0.2, 0) is 19.3 Å². The molecule has 1 aliphatic heterocycles. The first kappa shape index (κ1) is 26.7. The smallest absolute Gasteiger partial charge is 0.434 e. The third-order valence-corrected chi connectivity index (χ3v) is 6.80. The van der Waals surface area contributed by atoms with Crippen LogP contribution in [-0.4, -0.2) is 54.9 Å². The summed E-state index contributed by atoms with van der Waals surface area (Å²) in [6.07, 6.45) is 3.69. The van der Waals surface area contributed by atoms with Gasteiger partial charge in [-0.25, -0.2) is 19.9 Å². The third kappa shape index (κ3) is 5.44. The number of rotatable bonds is 9. The largest absolute Gasteiger partial charge is 0.480 e. The minimum atomic E-state index is -4.59. The highest BCUT2D eigenvalue weighted by Crippen LogP contribution is 2.45. The molecule has 0 atom stereocenters. The molecule has 1 aliphatic carbocycles. The summed E-state index contributed by atoms with van der Waals surface area (Å²) in [5, 5.41) is 12.6. The molecular formula is C28H26F3N7O3. The average Bonchev–Trinajstić information content (AvgIpc) is 3.74. The molecular weight excluding hydrogens is 539 g/mol. The van der Waals surface area contributed by atoms with Gasteiger partial charge in [0.1, 0.15) is 30.1 Å². The summed E-state index contributed by atoms with van der Waals surface area (Å²) >= 11 is 0. The van der Waals surface area contributed by atoms with Gasteiger partial charge in [-0.3, -0.25) is 0 Å². The number of hydrogen-bond donors (Lipinski definition) is 2. The number of anilines is 1. The fourth-order valence-electron chi connectivity index (χ4n) is 4.66. The highest BCUT2D eigenvalue weighted by atomic mass is 19.4. The Hall–Kier alpha value is -4.52. The van der Waals surface area contributed by atoms with Crippen molar-refractivity contribution in [2.45, 2.75) is 38.1 Å². The fourth-order valence-corrected chi connectivity index (χ4v) is 4.66. The minimum absolute atomic E-state index is 0.00825. The summed E-state index contributed by atoms with van der Waals surface area (Å²) in [6.45, 7) is 0.425. The van der Waals surface area contributed by atoms with E-state index in [1.54, 1.807) is 31.4 Å². The minimum Gasteiger partial charge on any atom is -0.480 e. The van der Waals surface area contributed by atoms with Crippen LogP contribution in [0.25, 0.3) is 28.9 Å². The first-order chi connectivity index (χ1) is 19.9. The average molecular weight is 566 g/mol. The van der Waals surface area contributed by atoms with Crippen molar-refractivity contribution in [3.8, 4) is 34.5 Å². The van der Waals surface area contributed by atoms with Gasteiger partial charge in [0.2, 0.25) is 11.8 Å². The number of nitrogens with zero attached hydrogens (tertiary/aromatic N) is 6. The molecule has 41 heavy (non-hydrogen) atoms. The maximum atomic E-state index is 13.2. The number of alkyl halides is 3. The van der Waals surface area contributed by atoms with E-state index in [2.05, 4.69) is 20.3 Å². The zero-order valence-corrected chi connectivity index (χ0v) is 22.0. The topological polar surface area (TPSA) is 120 Å². The molecule has 1 aromatic carbocycles. The van der Waals surface area contributed by atoms with Crippen LogP contribution < -0.4 is 14.8 Å². The summed E-state index contributed by atoms with van der Waals surface area (Å²) in [4.78, 5) is 22.0. The number of nitrogens with one attached hydrogen (secondary N) is 1. The van der Waals surface area contributed by atoms with Crippen molar-refractivity contribution in [2.24, 2.45) is 0 Å². The summed E-state index contributed by atoms with van der Waals surface area (Å²) in [7, 11) is 1.54. The van der Waals surface area contributed by atoms with E-state index in [1.807, 2.05) is 12.2 Å². The van der Waals surface area contributed by atoms with Gasteiger partial charge in [-0.15, -0.1) is 0 Å². The first-order valence-corrected chi connectivity index (χ1v) is 13.0. The number of halogens is 3. The van der Waals surface area contributed by atoms with Gasteiger partial charge in [0.15, 0.2) is 11.5 Å². The first-order valence-electron chi connectivity index (χ1n) is 13.0. The normalized spacial score (nSPS) is 14.5. The molecule has 6 rings (SSSR count). The van der Waals surface area contributed by atoms with Crippen LogP contribution in [0, 0.1) is 0 Å². The van der Waals surface area contributed by atoms with E-state index < -0.39 is 11.9 Å². The Bertz CT molecular complexity index is 1600. The SMILES string of the molecule is COc1ncnc(C2CC2)c1-c1nc2c(c(OCc3ccc(-c4nc(C(F)(F)F)cn4CCO)cc3)n1)C=CCN2. The molecule has 212 valence electrons. The summed E-state index contributed by atoms with van der Waals surface area (Å²) in [5.74, 6) is 2.19. The van der Waals surface area contributed by atoms with Gasteiger partial charge < -0.3 is 24.5 Å². The van der Waals surface area contributed by atoms with Crippen LogP contribution in [0.3, 0.4) is 0 Å². The molecule has 3 aromatic heterocycles. The maximum absolute atomic E-state index is 13.2. The summed E-state index contributed by atoms with van der Waals surface area (Å²) in [6, 6.07) is 6.85. The Kier molecular flexibility index (Phi) is 7.03. The number of fused-ring (bicyclic) bond motifs is 1. The van der Waals surface area contributed by atoms with Gasteiger partial charge >= 0.3 is 6.18 Å². The van der Waals surface area contributed by atoms with E-state index in [0.717, 1.165) is 30.3 Å². The molecule has 0 amide bonds.